The van der Waals surface area contributed by atoms with Gasteiger partial charge in [-0.25, -0.2) is 0 Å². The third-order valence-corrected chi connectivity index (χ3v) is 3.70. The highest BCUT2D eigenvalue weighted by atomic mass is 32.2. The molecule has 0 heterocycles. The molecule has 0 aliphatic heterocycles. The molecule has 0 aliphatic rings. The number of thioether (sulfide) groups is 1. The van der Waals surface area contributed by atoms with Crippen LogP contribution in [0.3, 0.4) is 0 Å². The van der Waals surface area contributed by atoms with Crippen LogP contribution in [0.2, 0.25) is 0 Å². The van der Waals surface area contributed by atoms with E-state index in [1.807, 2.05) is 73.8 Å². The summed E-state index contributed by atoms with van der Waals surface area (Å²) >= 11 is 1.64. The van der Waals surface area contributed by atoms with Crippen molar-refractivity contribution in [3.8, 4) is 0 Å². The first-order chi connectivity index (χ1) is 9.11. The monoisotopic (exact) mass is 271 g/mol. The lowest BCUT2D eigenvalue weighted by atomic mass is 10.0. The number of carbonyl (C=O) groups is 1. The Balaban J connectivity index is 2.28. The fourth-order valence-electron chi connectivity index (χ4n) is 1.84. The van der Waals surface area contributed by atoms with E-state index < -0.39 is 0 Å². The molecule has 98 valence electrons. The smallest absolute Gasteiger partial charge is 0.193 e. The van der Waals surface area contributed by atoms with E-state index in [-0.39, 0.29) is 5.78 Å². The summed E-state index contributed by atoms with van der Waals surface area (Å²) in [6.45, 7) is 0. The van der Waals surface area contributed by atoms with Crippen molar-refractivity contribution < 1.29 is 4.79 Å². The number of hydrogen-bond acceptors (Lipinski definition) is 3. The topological polar surface area (TPSA) is 20.3 Å². The van der Waals surface area contributed by atoms with Gasteiger partial charge in [-0.15, -0.1) is 11.8 Å². The van der Waals surface area contributed by atoms with Crippen LogP contribution < -0.4 is 4.90 Å². The van der Waals surface area contributed by atoms with Gasteiger partial charge in [0.1, 0.15) is 0 Å². The van der Waals surface area contributed by atoms with E-state index in [2.05, 4.69) is 0 Å². The van der Waals surface area contributed by atoms with E-state index in [1.54, 1.807) is 11.8 Å². The minimum atomic E-state index is 0.0706. The second kappa shape index (κ2) is 5.93. The Bertz CT molecular complexity index is 576. The second-order valence-corrected chi connectivity index (χ2v) is 5.38. The summed E-state index contributed by atoms with van der Waals surface area (Å²) in [7, 11) is 3.97. The van der Waals surface area contributed by atoms with Gasteiger partial charge >= 0.3 is 0 Å². The van der Waals surface area contributed by atoms with E-state index in [1.165, 1.54) is 0 Å². The van der Waals surface area contributed by atoms with Crippen molar-refractivity contribution in [1.82, 2.24) is 0 Å². The van der Waals surface area contributed by atoms with Gasteiger partial charge in [-0.2, -0.15) is 0 Å². The molecule has 2 nitrogen and oxygen atoms in total. The molecule has 0 unspecified atom stereocenters. The van der Waals surface area contributed by atoms with E-state index in [9.17, 15) is 4.79 Å². The first-order valence-corrected chi connectivity index (χ1v) is 7.30. The Kier molecular flexibility index (Phi) is 4.27. The van der Waals surface area contributed by atoms with Crippen LogP contribution in [0.25, 0.3) is 0 Å². The summed E-state index contributed by atoms with van der Waals surface area (Å²) in [6, 6.07) is 15.4. The van der Waals surface area contributed by atoms with Crippen molar-refractivity contribution in [2.24, 2.45) is 0 Å². The molecule has 0 radical (unpaired) electrons. The molecular weight excluding hydrogens is 254 g/mol. The number of anilines is 1. The van der Waals surface area contributed by atoms with Crippen LogP contribution >= 0.6 is 11.8 Å². The van der Waals surface area contributed by atoms with Crippen LogP contribution in [0.1, 0.15) is 15.9 Å². The van der Waals surface area contributed by atoms with Crippen molar-refractivity contribution in [2.45, 2.75) is 4.90 Å². The average Bonchev–Trinajstić information content (AvgIpc) is 2.46. The summed E-state index contributed by atoms with van der Waals surface area (Å²) in [5.74, 6) is 0.0706. The van der Waals surface area contributed by atoms with Gasteiger partial charge in [0.15, 0.2) is 5.78 Å². The number of ketones is 1. The zero-order chi connectivity index (χ0) is 13.8. The van der Waals surface area contributed by atoms with Gasteiger partial charge in [0.05, 0.1) is 0 Å². The van der Waals surface area contributed by atoms with Gasteiger partial charge in [-0.05, 0) is 42.7 Å². The molecule has 0 bridgehead atoms. The summed E-state index contributed by atoms with van der Waals surface area (Å²) in [5.41, 5.74) is 2.56. The molecule has 2 aromatic rings. The maximum absolute atomic E-state index is 12.4. The summed E-state index contributed by atoms with van der Waals surface area (Å²) in [4.78, 5) is 15.5. The fraction of sp³-hybridized carbons (Fsp3) is 0.188. The van der Waals surface area contributed by atoms with Crippen LogP contribution in [0, 0.1) is 0 Å². The van der Waals surface area contributed by atoms with E-state index >= 15 is 0 Å². The maximum Gasteiger partial charge on any atom is 0.193 e. The predicted octanol–water partition coefficient (Wildman–Crippen LogP) is 3.71. The van der Waals surface area contributed by atoms with Gasteiger partial charge in [-0.1, -0.05) is 12.1 Å². The molecule has 0 spiro atoms. The van der Waals surface area contributed by atoms with Gasteiger partial charge in [0.25, 0.3) is 0 Å². The van der Waals surface area contributed by atoms with E-state index in [4.69, 9.17) is 0 Å². The molecule has 0 fully saturated rings. The predicted molar refractivity (Wildman–Crippen MR) is 82.4 cm³/mol. The van der Waals surface area contributed by atoms with Crippen LogP contribution in [0.5, 0.6) is 0 Å². The molecule has 3 heteroatoms. The molecular formula is C16H17NOS. The quantitative estimate of drug-likeness (QED) is 0.624. The van der Waals surface area contributed by atoms with E-state index in [0.29, 0.717) is 0 Å². The number of nitrogens with zero attached hydrogens (tertiary/aromatic N) is 1. The normalized spacial score (nSPS) is 10.3. The van der Waals surface area contributed by atoms with Crippen LogP contribution in [0.4, 0.5) is 5.69 Å². The third-order valence-electron chi connectivity index (χ3n) is 2.98. The second-order valence-electron chi connectivity index (χ2n) is 4.50. The largest absolute Gasteiger partial charge is 0.378 e. The molecule has 19 heavy (non-hydrogen) atoms. The van der Waals surface area contributed by atoms with Crippen molar-refractivity contribution in [3.63, 3.8) is 0 Å². The Hall–Kier alpha value is -1.74. The Morgan fingerprint density at radius 3 is 2.26 bits per heavy atom. The number of hydrogen-bond donors (Lipinski definition) is 0. The van der Waals surface area contributed by atoms with Crippen LogP contribution in [-0.4, -0.2) is 26.1 Å². The van der Waals surface area contributed by atoms with E-state index in [0.717, 1.165) is 21.7 Å². The SMILES string of the molecule is CSc1cccc(C(=O)c2ccc(N(C)C)cc2)c1. The van der Waals surface area contributed by atoms with Gasteiger partial charge in [0, 0.05) is 35.8 Å². The zero-order valence-electron chi connectivity index (χ0n) is 11.4. The Morgan fingerprint density at radius 1 is 1.00 bits per heavy atom. The van der Waals surface area contributed by atoms with Gasteiger partial charge in [0.2, 0.25) is 0 Å². The Morgan fingerprint density at radius 2 is 1.68 bits per heavy atom. The third kappa shape index (κ3) is 3.18. The van der Waals surface area contributed by atoms with Crippen LogP contribution in [0.15, 0.2) is 53.4 Å². The first-order valence-electron chi connectivity index (χ1n) is 6.08. The fourth-order valence-corrected chi connectivity index (χ4v) is 2.30. The van der Waals surface area contributed by atoms with Crippen molar-refractivity contribution in [2.75, 3.05) is 25.3 Å². The number of rotatable bonds is 4. The van der Waals surface area contributed by atoms with Gasteiger partial charge in [-0.3, -0.25) is 4.79 Å². The standard InChI is InChI=1S/C16H17NOS/c1-17(2)14-9-7-12(8-10-14)16(18)13-5-4-6-15(11-13)19-3/h4-11H,1-3H3. The summed E-state index contributed by atoms with van der Waals surface area (Å²) < 4.78 is 0. The molecule has 0 atom stereocenters. The number of benzene rings is 2. The van der Waals surface area contributed by atoms with Crippen molar-refractivity contribution in [3.05, 3.63) is 59.7 Å². The maximum atomic E-state index is 12.4. The highest BCUT2D eigenvalue weighted by Gasteiger charge is 2.09. The Labute approximate surface area is 118 Å². The average molecular weight is 271 g/mol. The highest BCUT2D eigenvalue weighted by Crippen LogP contribution is 2.19. The molecule has 2 rings (SSSR count). The molecule has 0 amide bonds. The molecule has 0 aliphatic carbocycles. The minimum absolute atomic E-state index is 0.0706. The van der Waals surface area contributed by atoms with Crippen molar-refractivity contribution in [1.29, 1.82) is 0 Å². The zero-order valence-corrected chi connectivity index (χ0v) is 12.2. The lowest BCUT2D eigenvalue weighted by Crippen LogP contribution is -2.09. The minimum Gasteiger partial charge on any atom is -0.378 e. The van der Waals surface area contributed by atoms with Crippen LogP contribution in [-0.2, 0) is 0 Å². The lowest BCUT2D eigenvalue weighted by Gasteiger charge is -2.12. The molecule has 0 aromatic heterocycles. The molecule has 0 N–H and O–H groups in total. The summed E-state index contributed by atoms with van der Waals surface area (Å²) in [6.07, 6.45) is 2.01. The van der Waals surface area contributed by atoms with Gasteiger partial charge < -0.3 is 4.90 Å². The molecule has 2 aromatic carbocycles. The molecule has 0 saturated heterocycles. The molecule has 0 saturated carbocycles. The lowest BCUT2D eigenvalue weighted by molar-refractivity contribution is 0.103. The highest BCUT2D eigenvalue weighted by molar-refractivity contribution is 7.98. The number of carbonyl (C=O) groups excluding carboxylic acids is 1. The first kappa shape index (κ1) is 13.7. The van der Waals surface area contributed by atoms with Crippen molar-refractivity contribution >= 4 is 23.2 Å². The summed E-state index contributed by atoms with van der Waals surface area (Å²) in [5, 5.41) is 0.